The molecule has 3 N–H and O–H groups in total. The van der Waals surface area contributed by atoms with Gasteiger partial charge in [0.15, 0.2) is 0 Å². The first kappa shape index (κ1) is 12.1. The van der Waals surface area contributed by atoms with Gasteiger partial charge in [-0.25, -0.2) is 10.8 Å². The third-order valence-electron chi connectivity index (χ3n) is 2.78. The van der Waals surface area contributed by atoms with Gasteiger partial charge in [-0.15, -0.1) is 0 Å². The summed E-state index contributed by atoms with van der Waals surface area (Å²) < 4.78 is 5.87. The predicted octanol–water partition coefficient (Wildman–Crippen LogP) is 1.37. The fourth-order valence-corrected chi connectivity index (χ4v) is 2.31. The number of nitrogens with two attached hydrogens (primary N) is 1. The van der Waals surface area contributed by atoms with E-state index < -0.39 is 0 Å². The lowest BCUT2D eigenvalue weighted by Gasteiger charge is -2.42. The van der Waals surface area contributed by atoms with Crippen LogP contribution in [0.1, 0.15) is 20.8 Å². The number of morpholine rings is 1. The van der Waals surface area contributed by atoms with E-state index in [1.807, 2.05) is 18.2 Å². The van der Waals surface area contributed by atoms with E-state index in [4.69, 9.17) is 10.6 Å². The summed E-state index contributed by atoms with van der Waals surface area (Å²) in [6, 6.07) is 5.79. The monoisotopic (exact) mass is 236 g/mol. The van der Waals surface area contributed by atoms with E-state index in [1.165, 1.54) is 0 Å². The molecule has 1 unspecified atom stereocenters. The van der Waals surface area contributed by atoms with Crippen molar-refractivity contribution in [2.24, 2.45) is 5.84 Å². The summed E-state index contributed by atoms with van der Waals surface area (Å²) in [5.74, 6) is 6.99. The van der Waals surface area contributed by atoms with Gasteiger partial charge >= 0.3 is 0 Å². The SMILES string of the molecule is CC1CN(c2cccc(NN)n2)CC(C)(C)O1. The molecule has 0 bridgehead atoms. The fraction of sp³-hybridized carbons (Fsp3) is 0.583. The molecule has 1 aromatic rings. The van der Waals surface area contributed by atoms with Gasteiger partial charge in [0.25, 0.3) is 0 Å². The topological polar surface area (TPSA) is 63.4 Å². The molecule has 0 amide bonds. The molecule has 17 heavy (non-hydrogen) atoms. The molecule has 1 fully saturated rings. The molecule has 1 aliphatic heterocycles. The third kappa shape index (κ3) is 2.87. The Kier molecular flexibility index (Phi) is 3.22. The summed E-state index contributed by atoms with van der Waals surface area (Å²) in [4.78, 5) is 6.68. The van der Waals surface area contributed by atoms with E-state index in [0.29, 0.717) is 5.82 Å². The zero-order chi connectivity index (χ0) is 12.5. The van der Waals surface area contributed by atoms with E-state index in [9.17, 15) is 0 Å². The first-order chi connectivity index (χ1) is 8.00. The predicted molar refractivity (Wildman–Crippen MR) is 68.9 cm³/mol. The lowest BCUT2D eigenvalue weighted by Crippen LogP contribution is -2.52. The second kappa shape index (κ2) is 4.50. The number of hydrazine groups is 1. The number of pyridine rings is 1. The average Bonchev–Trinajstić information content (AvgIpc) is 2.26. The first-order valence-corrected chi connectivity index (χ1v) is 5.86. The molecular weight excluding hydrogens is 216 g/mol. The van der Waals surface area contributed by atoms with E-state index in [-0.39, 0.29) is 11.7 Å². The highest BCUT2D eigenvalue weighted by Gasteiger charge is 2.31. The molecule has 1 aromatic heterocycles. The summed E-state index contributed by atoms with van der Waals surface area (Å²) in [6.07, 6.45) is 0.204. The zero-order valence-corrected chi connectivity index (χ0v) is 10.6. The number of hydrogen-bond donors (Lipinski definition) is 2. The molecule has 2 heterocycles. The lowest BCUT2D eigenvalue weighted by molar-refractivity contribution is -0.0751. The van der Waals surface area contributed by atoms with Crippen LogP contribution in [-0.4, -0.2) is 29.8 Å². The quantitative estimate of drug-likeness (QED) is 0.600. The van der Waals surface area contributed by atoms with Crippen molar-refractivity contribution < 1.29 is 4.74 Å². The number of aromatic nitrogens is 1. The summed E-state index contributed by atoms with van der Waals surface area (Å²) >= 11 is 0. The molecule has 0 saturated carbocycles. The van der Waals surface area contributed by atoms with Crippen LogP contribution in [-0.2, 0) is 4.74 Å². The first-order valence-electron chi connectivity index (χ1n) is 5.86. The Hall–Kier alpha value is -1.33. The molecule has 1 atom stereocenters. The molecule has 0 aliphatic carbocycles. The molecule has 0 spiro atoms. The number of rotatable bonds is 2. The lowest BCUT2D eigenvalue weighted by atomic mass is 10.1. The van der Waals surface area contributed by atoms with Gasteiger partial charge in [-0.2, -0.15) is 0 Å². The van der Waals surface area contributed by atoms with Crippen LogP contribution in [0.2, 0.25) is 0 Å². The maximum Gasteiger partial charge on any atom is 0.142 e. The van der Waals surface area contributed by atoms with Crippen LogP contribution in [0.3, 0.4) is 0 Å². The van der Waals surface area contributed by atoms with Gasteiger partial charge in [0.1, 0.15) is 11.6 Å². The maximum absolute atomic E-state index is 5.87. The highest BCUT2D eigenvalue weighted by Crippen LogP contribution is 2.25. The van der Waals surface area contributed by atoms with Crippen molar-refractivity contribution in [3.8, 4) is 0 Å². The van der Waals surface area contributed by atoms with E-state index >= 15 is 0 Å². The molecule has 1 saturated heterocycles. The number of nitrogen functional groups attached to an aromatic ring is 1. The van der Waals surface area contributed by atoms with Gasteiger partial charge in [-0.05, 0) is 32.9 Å². The maximum atomic E-state index is 5.87. The molecular formula is C12H20N4O. The van der Waals surface area contributed by atoms with Crippen molar-refractivity contribution in [2.75, 3.05) is 23.4 Å². The Morgan fingerprint density at radius 3 is 2.94 bits per heavy atom. The van der Waals surface area contributed by atoms with E-state index in [1.54, 1.807) is 0 Å². The molecule has 0 aromatic carbocycles. The van der Waals surface area contributed by atoms with Crippen LogP contribution < -0.4 is 16.2 Å². The summed E-state index contributed by atoms with van der Waals surface area (Å²) in [5, 5.41) is 0. The van der Waals surface area contributed by atoms with Crippen LogP contribution in [0.4, 0.5) is 11.6 Å². The second-order valence-electron chi connectivity index (χ2n) is 5.09. The van der Waals surface area contributed by atoms with Crippen molar-refractivity contribution in [1.29, 1.82) is 0 Å². The van der Waals surface area contributed by atoms with Crippen molar-refractivity contribution in [1.82, 2.24) is 4.98 Å². The second-order valence-corrected chi connectivity index (χ2v) is 5.09. The zero-order valence-electron chi connectivity index (χ0n) is 10.6. The van der Waals surface area contributed by atoms with Gasteiger partial charge in [0.2, 0.25) is 0 Å². The van der Waals surface area contributed by atoms with Crippen LogP contribution in [0.25, 0.3) is 0 Å². The summed E-state index contributed by atoms with van der Waals surface area (Å²) in [7, 11) is 0. The van der Waals surface area contributed by atoms with Crippen molar-refractivity contribution in [3.05, 3.63) is 18.2 Å². The smallest absolute Gasteiger partial charge is 0.142 e. The fourth-order valence-electron chi connectivity index (χ4n) is 2.31. The van der Waals surface area contributed by atoms with Crippen LogP contribution in [0.5, 0.6) is 0 Å². The van der Waals surface area contributed by atoms with Gasteiger partial charge in [-0.3, -0.25) is 0 Å². The summed E-state index contributed by atoms with van der Waals surface area (Å²) in [5.41, 5.74) is 2.42. The van der Waals surface area contributed by atoms with E-state index in [2.05, 4.69) is 36.1 Å². The minimum absolute atomic E-state index is 0.147. The highest BCUT2D eigenvalue weighted by atomic mass is 16.5. The van der Waals surface area contributed by atoms with Gasteiger partial charge in [0.05, 0.1) is 11.7 Å². The Morgan fingerprint density at radius 1 is 1.53 bits per heavy atom. The van der Waals surface area contributed by atoms with Crippen molar-refractivity contribution >= 4 is 11.6 Å². The van der Waals surface area contributed by atoms with E-state index in [0.717, 1.165) is 18.9 Å². The largest absolute Gasteiger partial charge is 0.369 e. The van der Waals surface area contributed by atoms with Crippen molar-refractivity contribution in [2.45, 2.75) is 32.5 Å². The van der Waals surface area contributed by atoms with Crippen molar-refractivity contribution in [3.63, 3.8) is 0 Å². The van der Waals surface area contributed by atoms with Gasteiger partial charge in [-0.1, -0.05) is 6.07 Å². The number of ether oxygens (including phenoxy) is 1. The van der Waals surface area contributed by atoms with Gasteiger partial charge < -0.3 is 15.1 Å². The highest BCUT2D eigenvalue weighted by molar-refractivity contribution is 5.47. The summed E-state index contributed by atoms with van der Waals surface area (Å²) in [6.45, 7) is 7.96. The molecule has 1 aliphatic rings. The Bertz CT molecular complexity index is 394. The minimum Gasteiger partial charge on any atom is -0.369 e. The molecule has 94 valence electrons. The molecule has 0 radical (unpaired) electrons. The Balaban J connectivity index is 2.20. The average molecular weight is 236 g/mol. The van der Waals surface area contributed by atoms with Crippen LogP contribution >= 0.6 is 0 Å². The van der Waals surface area contributed by atoms with Crippen LogP contribution in [0, 0.1) is 0 Å². The minimum atomic E-state index is -0.147. The number of nitrogens with one attached hydrogen (secondary N) is 1. The van der Waals surface area contributed by atoms with Gasteiger partial charge in [0, 0.05) is 13.1 Å². The molecule has 2 rings (SSSR count). The standard InChI is InChI=1S/C12H20N4O/c1-9-7-16(8-12(2,3)17-9)11-6-4-5-10(14-11)15-13/h4-6,9H,7-8,13H2,1-3H3,(H,14,15). The Morgan fingerprint density at radius 2 is 2.29 bits per heavy atom. The normalized spacial score (nSPS) is 23.5. The number of anilines is 2. The number of hydrogen-bond acceptors (Lipinski definition) is 5. The molecule has 5 heteroatoms. The third-order valence-corrected chi connectivity index (χ3v) is 2.78. The Labute approximate surface area is 102 Å². The number of nitrogens with zero attached hydrogens (tertiary/aromatic N) is 2. The molecule has 5 nitrogen and oxygen atoms in total. The van der Waals surface area contributed by atoms with Crippen LogP contribution in [0.15, 0.2) is 18.2 Å².